The van der Waals surface area contributed by atoms with Gasteiger partial charge >= 0.3 is 5.97 Å². The van der Waals surface area contributed by atoms with Gasteiger partial charge in [-0.15, -0.1) is 0 Å². The number of hydrogen-bond donors (Lipinski definition) is 3. The van der Waals surface area contributed by atoms with Crippen LogP contribution in [0, 0.1) is 0 Å². The van der Waals surface area contributed by atoms with Crippen LogP contribution in [0.15, 0.2) is 18.2 Å². The number of hydrogen-bond acceptors (Lipinski definition) is 12. The van der Waals surface area contributed by atoms with Crippen molar-refractivity contribution in [3.05, 3.63) is 29.3 Å². The summed E-state index contributed by atoms with van der Waals surface area (Å²) in [5, 5.41) is 11.6. The number of carbonyl (C=O) groups excluding carboxylic acids is 4. The van der Waals surface area contributed by atoms with Crippen molar-refractivity contribution in [3.8, 4) is 0 Å². The molecule has 0 fully saturated rings. The number of carboxylic acid groups (broad SMARTS) is 1. The molecule has 1 unspecified atom stereocenters. The van der Waals surface area contributed by atoms with Gasteiger partial charge in [-0.05, 0) is 25.5 Å². The zero-order valence-corrected chi connectivity index (χ0v) is 25.1. The molecule has 1 aromatic rings. The van der Waals surface area contributed by atoms with Gasteiger partial charge in [0.2, 0.25) is 5.91 Å². The van der Waals surface area contributed by atoms with E-state index < -0.39 is 29.7 Å². The van der Waals surface area contributed by atoms with Crippen LogP contribution in [0.1, 0.15) is 46.9 Å². The number of Topliss-reactive ketones (excluding diaryl/α,β-unsaturated/α-hetero) is 1. The number of carboxylic acids is 1. The van der Waals surface area contributed by atoms with Crippen LogP contribution in [-0.4, -0.2) is 131 Å². The van der Waals surface area contributed by atoms with Gasteiger partial charge in [0, 0.05) is 18.7 Å². The van der Waals surface area contributed by atoms with Gasteiger partial charge in [-0.2, -0.15) is 0 Å². The predicted molar refractivity (Wildman–Crippen MR) is 155 cm³/mol. The molecule has 2 rings (SSSR count). The van der Waals surface area contributed by atoms with Gasteiger partial charge in [0.25, 0.3) is 11.8 Å². The number of nitrogens with zero attached hydrogens (tertiary/aromatic N) is 1. The Morgan fingerprint density at radius 1 is 0.773 bits per heavy atom. The number of rotatable bonds is 27. The molecule has 0 aromatic heterocycles. The van der Waals surface area contributed by atoms with E-state index in [0.29, 0.717) is 84.9 Å². The Kier molecular flexibility index (Phi) is 17.7. The first kappa shape index (κ1) is 36.7. The first-order chi connectivity index (χ1) is 21.2. The summed E-state index contributed by atoms with van der Waals surface area (Å²) < 4.78 is 32.2. The van der Waals surface area contributed by atoms with E-state index in [2.05, 4.69) is 5.32 Å². The molecule has 0 radical (unpaired) electrons. The van der Waals surface area contributed by atoms with E-state index in [1.54, 1.807) is 12.1 Å². The molecule has 0 aliphatic carbocycles. The van der Waals surface area contributed by atoms with E-state index in [0.717, 1.165) is 4.90 Å². The standard InChI is InChI=1S/C29H43N3O12/c1-21(33)5-6-24(27(30)36)32-28(37)22-3-2-4-23(26(22)29(32)38)31-8-10-40-12-14-42-16-18-44-20-19-43-17-15-41-13-11-39-9-7-25(34)35/h2-4,24,31H,5-20H2,1H3,(H2,30,36)(H,34,35). The topological polar surface area (TPSA) is 202 Å². The molecule has 246 valence electrons. The van der Waals surface area contributed by atoms with Crippen molar-refractivity contribution < 1.29 is 57.5 Å². The van der Waals surface area contributed by atoms with Crippen molar-refractivity contribution >= 4 is 35.2 Å². The molecule has 0 saturated carbocycles. The highest BCUT2D eigenvalue weighted by Gasteiger charge is 2.43. The van der Waals surface area contributed by atoms with Gasteiger partial charge in [-0.1, -0.05) is 6.07 Å². The van der Waals surface area contributed by atoms with Crippen molar-refractivity contribution in [3.63, 3.8) is 0 Å². The predicted octanol–water partition coefficient (Wildman–Crippen LogP) is 0.492. The van der Waals surface area contributed by atoms with Crippen molar-refractivity contribution in [2.75, 3.05) is 91.1 Å². The summed E-state index contributed by atoms with van der Waals surface area (Å²) in [4.78, 5) is 60.6. The van der Waals surface area contributed by atoms with Crippen molar-refractivity contribution in [2.24, 2.45) is 5.73 Å². The lowest BCUT2D eigenvalue weighted by Gasteiger charge is -2.23. The minimum absolute atomic E-state index is 0.0188. The first-order valence-corrected chi connectivity index (χ1v) is 14.5. The molecule has 1 aromatic carbocycles. The van der Waals surface area contributed by atoms with E-state index in [1.165, 1.54) is 13.0 Å². The molecule has 3 amide bonds. The molecular weight excluding hydrogens is 582 g/mol. The highest BCUT2D eigenvalue weighted by Crippen LogP contribution is 2.31. The Bertz CT molecular complexity index is 1080. The fourth-order valence-corrected chi connectivity index (χ4v) is 4.09. The highest BCUT2D eigenvalue weighted by molar-refractivity contribution is 6.25. The van der Waals surface area contributed by atoms with Crippen LogP contribution < -0.4 is 11.1 Å². The fourth-order valence-electron chi connectivity index (χ4n) is 4.09. The summed E-state index contributed by atoms with van der Waals surface area (Å²) >= 11 is 0. The zero-order chi connectivity index (χ0) is 32.2. The number of nitrogens with one attached hydrogen (secondary N) is 1. The molecule has 0 spiro atoms. The molecular formula is C29H43N3O12. The third-order valence-electron chi connectivity index (χ3n) is 6.24. The average Bonchev–Trinajstić information content (AvgIpc) is 3.23. The summed E-state index contributed by atoms with van der Waals surface area (Å²) in [7, 11) is 0. The van der Waals surface area contributed by atoms with Crippen LogP contribution in [0.25, 0.3) is 0 Å². The average molecular weight is 626 g/mol. The second-order valence-electron chi connectivity index (χ2n) is 9.61. The van der Waals surface area contributed by atoms with Gasteiger partial charge in [0.05, 0.1) is 96.8 Å². The maximum atomic E-state index is 13.1. The van der Waals surface area contributed by atoms with Crippen LogP contribution in [0.5, 0.6) is 0 Å². The van der Waals surface area contributed by atoms with Gasteiger partial charge in [0.1, 0.15) is 11.8 Å². The second kappa shape index (κ2) is 21.3. The van der Waals surface area contributed by atoms with E-state index in [-0.39, 0.29) is 42.8 Å². The summed E-state index contributed by atoms with van der Waals surface area (Å²) in [6.07, 6.45) is -0.0306. The second-order valence-corrected chi connectivity index (χ2v) is 9.61. The molecule has 15 heteroatoms. The summed E-state index contributed by atoms with van der Waals surface area (Å²) in [6, 6.07) is 3.60. The van der Waals surface area contributed by atoms with Crippen molar-refractivity contribution in [2.45, 2.75) is 32.2 Å². The van der Waals surface area contributed by atoms with Gasteiger partial charge in [-0.25, -0.2) is 0 Å². The maximum absolute atomic E-state index is 13.1. The van der Waals surface area contributed by atoms with E-state index >= 15 is 0 Å². The van der Waals surface area contributed by atoms with Crippen LogP contribution in [-0.2, 0) is 42.8 Å². The Hall–Kier alpha value is -3.47. The molecule has 1 aliphatic heterocycles. The molecule has 1 heterocycles. The number of nitrogens with two attached hydrogens (primary N) is 1. The number of benzene rings is 1. The van der Waals surface area contributed by atoms with Crippen LogP contribution in [0.2, 0.25) is 0 Å². The molecule has 0 saturated heterocycles. The number of aliphatic carboxylic acids is 1. The van der Waals surface area contributed by atoms with Crippen LogP contribution >= 0.6 is 0 Å². The fraction of sp³-hybridized carbons (Fsp3) is 0.621. The smallest absolute Gasteiger partial charge is 0.305 e. The quantitative estimate of drug-likeness (QED) is 0.0901. The number of primary amides is 1. The Morgan fingerprint density at radius 2 is 1.27 bits per heavy atom. The largest absolute Gasteiger partial charge is 0.481 e. The molecule has 4 N–H and O–H groups in total. The van der Waals surface area contributed by atoms with Crippen molar-refractivity contribution in [1.82, 2.24) is 4.90 Å². The number of ketones is 1. The summed E-state index contributed by atoms with van der Waals surface area (Å²) in [5.41, 5.74) is 6.21. The molecule has 0 bridgehead atoms. The van der Waals surface area contributed by atoms with Gasteiger partial charge in [0.15, 0.2) is 0 Å². The molecule has 15 nitrogen and oxygen atoms in total. The third kappa shape index (κ3) is 13.4. The molecule has 1 atom stereocenters. The van der Waals surface area contributed by atoms with Crippen LogP contribution in [0.4, 0.5) is 5.69 Å². The lowest BCUT2D eigenvalue weighted by atomic mass is 10.1. The number of amides is 3. The highest BCUT2D eigenvalue weighted by atomic mass is 16.6. The first-order valence-electron chi connectivity index (χ1n) is 14.5. The summed E-state index contributed by atoms with van der Waals surface area (Å²) in [6.45, 7) is 6.10. The number of fused-ring (bicyclic) bond motifs is 1. The van der Waals surface area contributed by atoms with Crippen LogP contribution in [0.3, 0.4) is 0 Å². The lowest BCUT2D eigenvalue weighted by molar-refractivity contribution is -0.138. The zero-order valence-electron chi connectivity index (χ0n) is 25.1. The molecule has 1 aliphatic rings. The van der Waals surface area contributed by atoms with E-state index in [4.69, 9.17) is 39.3 Å². The molecule has 44 heavy (non-hydrogen) atoms. The lowest BCUT2D eigenvalue weighted by Crippen LogP contribution is -2.48. The Morgan fingerprint density at radius 3 is 1.75 bits per heavy atom. The monoisotopic (exact) mass is 625 g/mol. The Balaban J connectivity index is 1.50. The normalized spacial score (nSPS) is 13.2. The number of ether oxygens (including phenoxy) is 6. The minimum Gasteiger partial charge on any atom is -0.481 e. The Labute approximate surface area is 256 Å². The van der Waals surface area contributed by atoms with Gasteiger partial charge in [-0.3, -0.25) is 24.1 Å². The number of anilines is 1. The third-order valence-corrected chi connectivity index (χ3v) is 6.24. The minimum atomic E-state index is -1.21. The van der Waals surface area contributed by atoms with Crippen molar-refractivity contribution in [1.29, 1.82) is 0 Å². The summed E-state index contributed by atoms with van der Waals surface area (Å²) in [5.74, 6) is -3.17. The van der Waals surface area contributed by atoms with E-state index in [1.807, 2.05) is 0 Å². The number of carbonyl (C=O) groups is 5. The maximum Gasteiger partial charge on any atom is 0.305 e. The van der Waals surface area contributed by atoms with Gasteiger partial charge < -0.3 is 49.4 Å². The van der Waals surface area contributed by atoms with E-state index in [9.17, 15) is 24.0 Å². The SMILES string of the molecule is CC(=O)CCC(C(N)=O)N1C(=O)c2cccc(NCCOCCOCCOCCOCCOCCOCCC(=O)O)c2C1=O. The number of imide groups is 1.